The molecule has 86 valence electrons. The standard InChI is InChI=1S/C13H15BrO2/c1-2-3-12(13-9-16-13)15-8-10-4-6-11(14)7-5-10/h2,4-7,12-13H,1,3,8-9H2/t12-,13+/m0/s1. The molecular weight excluding hydrogens is 268 g/mol. The highest BCUT2D eigenvalue weighted by Crippen LogP contribution is 2.21. The molecule has 0 aliphatic carbocycles. The van der Waals surface area contributed by atoms with Crippen LogP contribution < -0.4 is 0 Å². The van der Waals surface area contributed by atoms with Gasteiger partial charge in [-0.05, 0) is 24.1 Å². The lowest BCUT2D eigenvalue weighted by atomic mass is 10.2. The van der Waals surface area contributed by atoms with Crippen LogP contribution in [0.4, 0.5) is 0 Å². The fourth-order valence-electron chi connectivity index (χ4n) is 1.55. The summed E-state index contributed by atoms with van der Waals surface area (Å²) in [7, 11) is 0. The Balaban J connectivity index is 1.84. The number of hydrogen-bond donors (Lipinski definition) is 0. The molecule has 0 unspecified atom stereocenters. The molecule has 2 nitrogen and oxygen atoms in total. The van der Waals surface area contributed by atoms with E-state index in [-0.39, 0.29) is 12.2 Å². The summed E-state index contributed by atoms with van der Waals surface area (Å²) in [6.07, 6.45) is 3.16. The van der Waals surface area contributed by atoms with E-state index in [4.69, 9.17) is 9.47 Å². The molecule has 3 heteroatoms. The maximum atomic E-state index is 5.82. The molecule has 1 aromatic rings. The second-order valence-electron chi connectivity index (χ2n) is 3.87. The first kappa shape index (κ1) is 11.8. The van der Waals surface area contributed by atoms with Crippen LogP contribution in [-0.2, 0) is 16.1 Å². The quantitative estimate of drug-likeness (QED) is 0.590. The van der Waals surface area contributed by atoms with E-state index >= 15 is 0 Å². The van der Waals surface area contributed by atoms with Crippen LogP contribution in [0, 0.1) is 0 Å². The molecule has 0 bridgehead atoms. The molecule has 0 aromatic heterocycles. The first-order chi connectivity index (χ1) is 7.79. The van der Waals surface area contributed by atoms with Crippen molar-refractivity contribution in [3.63, 3.8) is 0 Å². The third-order valence-electron chi connectivity index (χ3n) is 2.55. The topological polar surface area (TPSA) is 21.8 Å². The zero-order valence-electron chi connectivity index (χ0n) is 9.06. The van der Waals surface area contributed by atoms with Crippen molar-refractivity contribution in [1.82, 2.24) is 0 Å². The average molecular weight is 283 g/mol. The monoisotopic (exact) mass is 282 g/mol. The van der Waals surface area contributed by atoms with Crippen molar-refractivity contribution in [2.24, 2.45) is 0 Å². The lowest BCUT2D eigenvalue weighted by molar-refractivity contribution is 0.0237. The van der Waals surface area contributed by atoms with Gasteiger partial charge in [-0.1, -0.05) is 34.1 Å². The summed E-state index contributed by atoms with van der Waals surface area (Å²) in [4.78, 5) is 0. The Hall–Kier alpha value is -0.640. The molecule has 16 heavy (non-hydrogen) atoms. The minimum Gasteiger partial charge on any atom is -0.370 e. The first-order valence-electron chi connectivity index (χ1n) is 5.38. The van der Waals surface area contributed by atoms with Crippen LogP contribution in [0.25, 0.3) is 0 Å². The van der Waals surface area contributed by atoms with E-state index in [1.807, 2.05) is 18.2 Å². The van der Waals surface area contributed by atoms with Crippen molar-refractivity contribution < 1.29 is 9.47 Å². The molecule has 2 rings (SSSR count). The summed E-state index contributed by atoms with van der Waals surface area (Å²) in [5.74, 6) is 0. The van der Waals surface area contributed by atoms with Gasteiger partial charge in [-0.3, -0.25) is 0 Å². The highest BCUT2D eigenvalue weighted by Gasteiger charge is 2.32. The van der Waals surface area contributed by atoms with Crippen molar-refractivity contribution in [1.29, 1.82) is 0 Å². The Bertz CT molecular complexity index is 343. The minimum absolute atomic E-state index is 0.154. The molecule has 0 amide bonds. The summed E-state index contributed by atoms with van der Waals surface area (Å²) in [5.41, 5.74) is 1.18. The predicted octanol–water partition coefficient (Wildman–Crippen LogP) is 3.31. The third kappa shape index (κ3) is 3.44. The Morgan fingerprint density at radius 3 is 2.75 bits per heavy atom. The molecule has 1 heterocycles. The van der Waals surface area contributed by atoms with Crippen LogP contribution >= 0.6 is 15.9 Å². The maximum Gasteiger partial charge on any atom is 0.107 e. The van der Waals surface area contributed by atoms with E-state index in [0.29, 0.717) is 6.61 Å². The van der Waals surface area contributed by atoms with Gasteiger partial charge in [0, 0.05) is 4.47 Å². The highest BCUT2D eigenvalue weighted by molar-refractivity contribution is 9.10. The lowest BCUT2D eigenvalue weighted by Crippen LogP contribution is -2.18. The smallest absolute Gasteiger partial charge is 0.107 e. The molecule has 0 spiro atoms. The molecule has 0 radical (unpaired) electrons. The molecule has 2 atom stereocenters. The van der Waals surface area contributed by atoms with Crippen LogP contribution in [0.3, 0.4) is 0 Å². The van der Waals surface area contributed by atoms with Crippen molar-refractivity contribution in [2.45, 2.75) is 25.2 Å². The van der Waals surface area contributed by atoms with Gasteiger partial charge in [0.2, 0.25) is 0 Å². The average Bonchev–Trinajstić information content (AvgIpc) is 3.10. The number of halogens is 1. The predicted molar refractivity (Wildman–Crippen MR) is 67.3 cm³/mol. The van der Waals surface area contributed by atoms with Gasteiger partial charge in [-0.15, -0.1) is 6.58 Å². The zero-order chi connectivity index (χ0) is 11.4. The lowest BCUT2D eigenvalue weighted by Gasteiger charge is -2.13. The Labute approximate surface area is 104 Å². The van der Waals surface area contributed by atoms with Crippen LogP contribution in [0.5, 0.6) is 0 Å². The van der Waals surface area contributed by atoms with Crippen molar-refractivity contribution in [3.8, 4) is 0 Å². The molecule has 1 fully saturated rings. The van der Waals surface area contributed by atoms with Gasteiger partial charge in [0.25, 0.3) is 0 Å². The SMILES string of the molecule is C=CC[C@H](OCc1ccc(Br)cc1)[C@H]1CO1. The number of rotatable bonds is 6. The van der Waals surface area contributed by atoms with Gasteiger partial charge >= 0.3 is 0 Å². The highest BCUT2D eigenvalue weighted by atomic mass is 79.9. The fourth-order valence-corrected chi connectivity index (χ4v) is 1.81. The van der Waals surface area contributed by atoms with Gasteiger partial charge in [0.1, 0.15) is 6.10 Å². The summed E-state index contributed by atoms with van der Waals surface area (Å²) in [5, 5.41) is 0. The normalized spacial score (nSPS) is 20.4. The minimum atomic E-state index is 0.154. The molecule has 1 aliphatic heterocycles. The molecule has 1 aromatic carbocycles. The van der Waals surface area contributed by atoms with Crippen molar-refractivity contribution >= 4 is 15.9 Å². The van der Waals surface area contributed by atoms with Crippen LogP contribution in [-0.4, -0.2) is 18.8 Å². The van der Waals surface area contributed by atoms with E-state index in [1.54, 1.807) is 0 Å². The summed E-state index contributed by atoms with van der Waals surface area (Å²) >= 11 is 3.41. The number of ether oxygens (including phenoxy) is 2. The summed E-state index contributed by atoms with van der Waals surface area (Å²) in [6.45, 7) is 5.18. The largest absolute Gasteiger partial charge is 0.370 e. The first-order valence-corrected chi connectivity index (χ1v) is 6.17. The Morgan fingerprint density at radius 1 is 1.50 bits per heavy atom. The number of benzene rings is 1. The zero-order valence-corrected chi connectivity index (χ0v) is 10.7. The Morgan fingerprint density at radius 2 is 2.19 bits per heavy atom. The molecule has 1 aliphatic rings. The summed E-state index contributed by atoms with van der Waals surface area (Å²) < 4.78 is 12.2. The van der Waals surface area contributed by atoms with E-state index in [0.717, 1.165) is 17.5 Å². The van der Waals surface area contributed by atoms with E-state index in [1.165, 1.54) is 5.56 Å². The second-order valence-corrected chi connectivity index (χ2v) is 4.79. The molecular formula is C13H15BrO2. The summed E-state index contributed by atoms with van der Waals surface area (Å²) in [6, 6.07) is 8.16. The molecule has 0 saturated carbocycles. The van der Waals surface area contributed by atoms with Crippen LogP contribution in [0.15, 0.2) is 41.4 Å². The Kier molecular flexibility index (Phi) is 4.16. The molecule has 1 saturated heterocycles. The van der Waals surface area contributed by atoms with Crippen molar-refractivity contribution in [2.75, 3.05) is 6.61 Å². The van der Waals surface area contributed by atoms with E-state index in [2.05, 4.69) is 34.6 Å². The number of hydrogen-bond acceptors (Lipinski definition) is 2. The van der Waals surface area contributed by atoms with Crippen molar-refractivity contribution in [3.05, 3.63) is 47.0 Å². The second kappa shape index (κ2) is 5.62. The fraction of sp³-hybridized carbons (Fsp3) is 0.385. The van der Waals surface area contributed by atoms with Crippen LogP contribution in [0.2, 0.25) is 0 Å². The van der Waals surface area contributed by atoms with Gasteiger partial charge in [-0.25, -0.2) is 0 Å². The van der Waals surface area contributed by atoms with E-state index < -0.39 is 0 Å². The van der Waals surface area contributed by atoms with E-state index in [9.17, 15) is 0 Å². The van der Waals surface area contributed by atoms with Crippen LogP contribution in [0.1, 0.15) is 12.0 Å². The van der Waals surface area contributed by atoms with Gasteiger partial charge in [0.05, 0.1) is 19.3 Å². The maximum absolute atomic E-state index is 5.82. The van der Waals surface area contributed by atoms with Gasteiger partial charge < -0.3 is 9.47 Å². The van der Waals surface area contributed by atoms with Gasteiger partial charge in [0.15, 0.2) is 0 Å². The van der Waals surface area contributed by atoms with Gasteiger partial charge in [-0.2, -0.15) is 0 Å². The third-order valence-corrected chi connectivity index (χ3v) is 3.08. The molecule has 0 N–H and O–H groups in total. The number of epoxide rings is 1.